The van der Waals surface area contributed by atoms with E-state index in [2.05, 4.69) is 10.3 Å². The number of hydrogen-bond acceptors (Lipinski definition) is 3. The van der Waals surface area contributed by atoms with Gasteiger partial charge in [-0.25, -0.2) is 4.39 Å². The van der Waals surface area contributed by atoms with Crippen LogP contribution in [0.2, 0.25) is 0 Å². The van der Waals surface area contributed by atoms with Crippen molar-refractivity contribution in [3.05, 3.63) is 23.8 Å². The van der Waals surface area contributed by atoms with Crippen molar-refractivity contribution in [1.82, 2.24) is 10.3 Å². The Morgan fingerprint density at radius 2 is 2.50 bits per heavy atom. The Kier molecular flexibility index (Phi) is 2.63. The topological polar surface area (TPSA) is 34.1 Å². The molecular formula is C10H13FN2O. The fraction of sp³-hybridized carbons (Fsp3) is 0.500. The maximum Gasteiger partial charge on any atom is 0.148 e. The van der Waals surface area contributed by atoms with E-state index < -0.39 is 0 Å². The van der Waals surface area contributed by atoms with Crippen LogP contribution in [0, 0.1) is 12.7 Å². The second-order valence-corrected chi connectivity index (χ2v) is 3.49. The minimum absolute atomic E-state index is 0.316. The molecule has 0 spiro atoms. The molecule has 3 nitrogen and oxygen atoms in total. The summed E-state index contributed by atoms with van der Waals surface area (Å²) in [6, 6.07) is 1.79. The van der Waals surface area contributed by atoms with Gasteiger partial charge in [0.2, 0.25) is 0 Å². The highest BCUT2D eigenvalue weighted by Crippen LogP contribution is 2.14. The molecule has 2 heterocycles. The molecule has 0 aliphatic carbocycles. The van der Waals surface area contributed by atoms with E-state index in [4.69, 9.17) is 4.74 Å². The van der Waals surface area contributed by atoms with Crippen molar-refractivity contribution in [1.29, 1.82) is 0 Å². The first kappa shape index (κ1) is 9.40. The van der Waals surface area contributed by atoms with Crippen LogP contribution in [0.4, 0.5) is 4.39 Å². The van der Waals surface area contributed by atoms with Crippen LogP contribution in [0.15, 0.2) is 12.3 Å². The molecule has 1 aromatic rings. The van der Waals surface area contributed by atoms with Crippen LogP contribution in [0.3, 0.4) is 0 Å². The molecule has 1 saturated heterocycles. The minimum Gasteiger partial charge on any atom is -0.490 e. The third-order valence-electron chi connectivity index (χ3n) is 2.38. The lowest BCUT2D eigenvalue weighted by Gasteiger charge is -2.27. The molecule has 1 N–H and O–H groups in total. The Hall–Kier alpha value is -1.16. The van der Waals surface area contributed by atoms with Crippen molar-refractivity contribution in [2.24, 2.45) is 0 Å². The average Bonchev–Trinajstić information content (AvgIpc) is 2.08. The van der Waals surface area contributed by atoms with E-state index in [-0.39, 0.29) is 5.82 Å². The number of aryl methyl sites for hydroxylation is 1. The van der Waals surface area contributed by atoms with E-state index >= 15 is 0 Å². The Labute approximate surface area is 82.3 Å². The van der Waals surface area contributed by atoms with E-state index in [0.717, 1.165) is 13.0 Å². The molecule has 0 amide bonds. The highest BCUT2D eigenvalue weighted by molar-refractivity contribution is 5.21. The van der Waals surface area contributed by atoms with Gasteiger partial charge in [-0.3, -0.25) is 4.98 Å². The van der Waals surface area contributed by atoms with Gasteiger partial charge in [0, 0.05) is 12.1 Å². The average molecular weight is 196 g/mol. The van der Waals surface area contributed by atoms with Crippen molar-refractivity contribution < 1.29 is 9.13 Å². The Balaban J connectivity index is 1.91. The van der Waals surface area contributed by atoms with E-state index in [1.54, 1.807) is 13.1 Å². The molecule has 1 fully saturated rings. The predicted octanol–water partition coefficient (Wildman–Crippen LogP) is 1.27. The van der Waals surface area contributed by atoms with Gasteiger partial charge >= 0.3 is 0 Å². The zero-order valence-electron chi connectivity index (χ0n) is 8.09. The maximum atomic E-state index is 13.0. The summed E-state index contributed by atoms with van der Waals surface area (Å²) in [5.41, 5.74) is 0.402. The number of nitrogens with zero attached hydrogens (tertiary/aromatic N) is 1. The van der Waals surface area contributed by atoms with Crippen molar-refractivity contribution in [2.45, 2.75) is 19.4 Å². The van der Waals surface area contributed by atoms with E-state index in [1.165, 1.54) is 6.07 Å². The zero-order valence-corrected chi connectivity index (χ0v) is 8.09. The van der Waals surface area contributed by atoms with E-state index in [9.17, 15) is 4.39 Å². The van der Waals surface area contributed by atoms with Crippen molar-refractivity contribution in [3.8, 4) is 5.75 Å². The summed E-state index contributed by atoms with van der Waals surface area (Å²) in [7, 11) is 0. The van der Waals surface area contributed by atoms with Gasteiger partial charge in [-0.05, 0) is 19.9 Å². The van der Waals surface area contributed by atoms with Crippen LogP contribution in [-0.2, 0) is 0 Å². The SMILES string of the molecule is Cc1ncc(OC[C@@H]2CCN2)cc1F. The molecule has 76 valence electrons. The lowest BCUT2D eigenvalue weighted by Crippen LogP contribution is -2.46. The summed E-state index contributed by atoms with van der Waals surface area (Å²) >= 11 is 0. The van der Waals surface area contributed by atoms with Crippen molar-refractivity contribution in [3.63, 3.8) is 0 Å². The van der Waals surface area contributed by atoms with Gasteiger partial charge < -0.3 is 10.1 Å². The Morgan fingerprint density at radius 3 is 3.07 bits per heavy atom. The fourth-order valence-corrected chi connectivity index (χ4v) is 1.26. The molecule has 14 heavy (non-hydrogen) atoms. The van der Waals surface area contributed by atoms with Gasteiger partial charge in [-0.1, -0.05) is 0 Å². The predicted molar refractivity (Wildman–Crippen MR) is 50.8 cm³/mol. The monoisotopic (exact) mass is 196 g/mol. The van der Waals surface area contributed by atoms with Crippen LogP contribution in [-0.4, -0.2) is 24.2 Å². The number of aromatic nitrogens is 1. The fourth-order valence-electron chi connectivity index (χ4n) is 1.26. The number of halogens is 1. The molecule has 0 aromatic carbocycles. The lowest BCUT2D eigenvalue weighted by molar-refractivity contribution is 0.216. The normalized spacial score (nSPS) is 20.3. The highest BCUT2D eigenvalue weighted by atomic mass is 19.1. The van der Waals surface area contributed by atoms with Gasteiger partial charge in [0.1, 0.15) is 18.2 Å². The molecule has 2 rings (SSSR count). The molecule has 1 atom stereocenters. The van der Waals surface area contributed by atoms with Gasteiger partial charge in [0.15, 0.2) is 0 Å². The second kappa shape index (κ2) is 3.92. The summed E-state index contributed by atoms with van der Waals surface area (Å²) in [5.74, 6) is 0.186. The zero-order chi connectivity index (χ0) is 9.97. The number of ether oxygens (including phenoxy) is 1. The number of nitrogens with one attached hydrogen (secondary N) is 1. The smallest absolute Gasteiger partial charge is 0.148 e. The lowest BCUT2D eigenvalue weighted by atomic mass is 10.1. The largest absolute Gasteiger partial charge is 0.490 e. The molecule has 1 aromatic heterocycles. The molecular weight excluding hydrogens is 183 g/mol. The van der Waals surface area contributed by atoms with Gasteiger partial charge in [0.05, 0.1) is 11.9 Å². The number of pyridine rings is 1. The molecule has 0 bridgehead atoms. The van der Waals surface area contributed by atoms with Crippen LogP contribution < -0.4 is 10.1 Å². The number of hydrogen-bond donors (Lipinski definition) is 1. The van der Waals surface area contributed by atoms with Crippen LogP contribution in [0.1, 0.15) is 12.1 Å². The van der Waals surface area contributed by atoms with E-state index in [1.807, 2.05) is 0 Å². The van der Waals surface area contributed by atoms with Crippen molar-refractivity contribution >= 4 is 0 Å². The summed E-state index contributed by atoms with van der Waals surface area (Å²) in [5, 5.41) is 3.20. The van der Waals surface area contributed by atoms with Crippen LogP contribution in [0.25, 0.3) is 0 Å². The standard InChI is InChI=1S/C10H13FN2O/c1-7-10(11)4-9(5-13-7)14-6-8-2-3-12-8/h4-5,8,12H,2-3,6H2,1H3/t8-/m0/s1. The summed E-state index contributed by atoms with van der Waals surface area (Å²) < 4.78 is 18.4. The first-order chi connectivity index (χ1) is 6.75. The van der Waals surface area contributed by atoms with Crippen LogP contribution in [0.5, 0.6) is 5.75 Å². The minimum atomic E-state index is -0.316. The molecule has 0 radical (unpaired) electrons. The molecule has 0 unspecified atom stereocenters. The molecule has 1 aliphatic heterocycles. The first-order valence-corrected chi connectivity index (χ1v) is 4.74. The van der Waals surface area contributed by atoms with E-state index in [0.29, 0.717) is 24.1 Å². The van der Waals surface area contributed by atoms with Gasteiger partial charge in [-0.2, -0.15) is 0 Å². The quantitative estimate of drug-likeness (QED) is 0.790. The number of rotatable bonds is 3. The maximum absolute atomic E-state index is 13.0. The first-order valence-electron chi connectivity index (χ1n) is 4.74. The molecule has 1 aliphatic rings. The third-order valence-corrected chi connectivity index (χ3v) is 2.38. The van der Waals surface area contributed by atoms with Crippen molar-refractivity contribution in [2.75, 3.05) is 13.2 Å². The Bertz CT molecular complexity index is 326. The summed E-state index contributed by atoms with van der Waals surface area (Å²) in [6.45, 7) is 3.27. The second-order valence-electron chi connectivity index (χ2n) is 3.49. The molecule has 4 heteroatoms. The molecule has 0 saturated carbocycles. The summed E-state index contributed by atoms with van der Waals surface area (Å²) in [6.07, 6.45) is 2.68. The summed E-state index contributed by atoms with van der Waals surface area (Å²) in [4.78, 5) is 3.88. The Morgan fingerprint density at radius 1 is 1.71 bits per heavy atom. The third kappa shape index (κ3) is 2.01. The van der Waals surface area contributed by atoms with Gasteiger partial charge in [0.25, 0.3) is 0 Å². The highest BCUT2D eigenvalue weighted by Gasteiger charge is 2.16. The van der Waals surface area contributed by atoms with Crippen LogP contribution >= 0.6 is 0 Å². The van der Waals surface area contributed by atoms with Gasteiger partial charge in [-0.15, -0.1) is 0 Å².